The molecule has 0 aliphatic heterocycles. The average molecular weight is 446 g/mol. The Kier molecular flexibility index (Phi) is 9.98. The summed E-state index contributed by atoms with van der Waals surface area (Å²) in [5.74, 6) is -0.198. The van der Waals surface area contributed by atoms with Crippen LogP contribution in [0.3, 0.4) is 0 Å². The number of carbonyl (C=O) groups excluding carboxylic acids is 2. The fourth-order valence-electron chi connectivity index (χ4n) is 2.26. The van der Waals surface area contributed by atoms with Gasteiger partial charge >= 0.3 is 11.9 Å². The summed E-state index contributed by atoms with van der Waals surface area (Å²) in [6.45, 7) is 6.45. The van der Waals surface area contributed by atoms with E-state index in [1.165, 1.54) is 0 Å². The Morgan fingerprint density at radius 2 is 1.79 bits per heavy atom. The van der Waals surface area contributed by atoms with Crippen LogP contribution in [-0.4, -0.2) is 18.0 Å². The van der Waals surface area contributed by atoms with Gasteiger partial charge in [0.05, 0.1) is 0 Å². The lowest BCUT2D eigenvalue weighted by Gasteiger charge is -2.20. The van der Waals surface area contributed by atoms with Gasteiger partial charge in [-0.05, 0) is 47.4 Å². The number of carbonyl (C=O) groups is 2. The SMILES string of the molecule is CCCC(OC(=O)CCCC(=O)OCc1ccccc1I)C(C)C. The van der Waals surface area contributed by atoms with Crippen molar-refractivity contribution >= 4 is 34.5 Å². The minimum absolute atomic E-state index is 0.0328. The first-order valence-electron chi connectivity index (χ1n) is 8.52. The summed E-state index contributed by atoms with van der Waals surface area (Å²) in [5, 5.41) is 0. The normalized spacial score (nSPS) is 12.0. The first kappa shape index (κ1) is 20.9. The van der Waals surface area contributed by atoms with Crippen molar-refractivity contribution in [1.29, 1.82) is 0 Å². The van der Waals surface area contributed by atoms with E-state index in [2.05, 4.69) is 43.4 Å². The molecular weight excluding hydrogens is 419 g/mol. The second-order valence-electron chi connectivity index (χ2n) is 6.17. The van der Waals surface area contributed by atoms with Gasteiger partial charge in [-0.3, -0.25) is 9.59 Å². The van der Waals surface area contributed by atoms with Crippen molar-refractivity contribution < 1.29 is 19.1 Å². The summed E-state index contributed by atoms with van der Waals surface area (Å²) in [5.41, 5.74) is 0.991. The summed E-state index contributed by atoms with van der Waals surface area (Å²) in [6, 6.07) is 7.78. The Labute approximate surface area is 158 Å². The quantitative estimate of drug-likeness (QED) is 0.380. The molecule has 1 unspecified atom stereocenters. The zero-order valence-corrected chi connectivity index (χ0v) is 16.9. The second kappa shape index (κ2) is 11.4. The molecule has 0 aliphatic rings. The summed E-state index contributed by atoms with van der Waals surface area (Å²) < 4.78 is 11.8. The Balaban J connectivity index is 2.25. The predicted molar refractivity (Wildman–Crippen MR) is 102 cm³/mol. The molecule has 0 aromatic heterocycles. The third-order valence-corrected chi connectivity index (χ3v) is 4.76. The summed E-state index contributed by atoms with van der Waals surface area (Å²) in [7, 11) is 0. The molecule has 5 heteroatoms. The number of hydrogen-bond acceptors (Lipinski definition) is 4. The predicted octanol–water partition coefficient (Wildman–Crippen LogP) is 4.87. The monoisotopic (exact) mass is 446 g/mol. The van der Waals surface area contributed by atoms with Crippen LogP contribution in [0.15, 0.2) is 24.3 Å². The molecule has 0 spiro atoms. The van der Waals surface area contributed by atoms with Crippen LogP contribution < -0.4 is 0 Å². The van der Waals surface area contributed by atoms with E-state index in [9.17, 15) is 9.59 Å². The maximum atomic E-state index is 11.9. The van der Waals surface area contributed by atoms with E-state index < -0.39 is 0 Å². The molecular formula is C19H27IO4. The molecule has 134 valence electrons. The zero-order chi connectivity index (χ0) is 17.9. The van der Waals surface area contributed by atoms with Crippen molar-refractivity contribution in [3.8, 4) is 0 Å². The van der Waals surface area contributed by atoms with E-state index in [0.29, 0.717) is 12.3 Å². The maximum Gasteiger partial charge on any atom is 0.306 e. The molecule has 0 amide bonds. The zero-order valence-electron chi connectivity index (χ0n) is 14.7. The van der Waals surface area contributed by atoms with Gasteiger partial charge < -0.3 is 9.47 Å². The van der Waals surface area contributed by atoms with Gasteiger partial charge in [0, 0.05) is 22.0 Å². The fourth-order valence-corrected chi connectivity index (χ4v) is 2.81. The lowest BCUT2D eigenvalue weighted by atomic mass is 10.0. The number of hydrogen-bond donors (Lipinski definition) is 0. The number of halogens is 1. The lowest BCUT2D eigenvalue weighted by molar-refractivity contribution is -0.152. The number of ether oxygens (including phenoxy) is 2. The third kappa shape index (κ3) is 8.13. The molecule has 0 saturated heterocycles. The molecule has 0 heterocycles. The molecule has 0 bridgehead atoms. The number of esters is 2. The molecule has 0 saturated carbocycles. The molecule has 0 N–H and O–H groups in total. The standard InChI is InChI=1S/C19H27IO4/c1-4-8-17(14(2)3)24-19(22)12-7-11-18(21)23-13-15-9-5-6-10-16(15)20/h5-6,9-10,14,17H,4,7-8,11-13H2,1-3H3. The molecule has 1 aromatic rings. The van der Waals surface area contributed by atoms with Gasteiger partial charge in [-0.15, -0.1) is 0 Å². The van der Waals surface area contributed by atoms with Crippen LogP contribution in [0.4, 0.5) is 0 Å². The van der Waals surface area contributed by atoms with Gasteiger partial charge in [0.15, 0.2) is 0 Å². The van der Waals surface area contributed by atoms with E-state index in [4.69, 9.17) is 9.47 Å². The third-order valence-electron chi connectivity index (χ3n) is 3.71. The summed E-state index contributed by atoms with van der Waals surface area (Å²) in [6.07, 6.45) is 2.78. The van der Waals surface area contributed by atoms with Crippen molar-refractivity contribution in [2.45, 2.75) is 65.6 Å². The van der Waals surface area contributed by atoms with Crippen LogP contribution in [0.25, 0.3) is 0 Å². The molecule has 1 aromatic carbocycles. The molecule has 0 radical (unpaired) electrons. The number of benzene rings is 1. The van der Waals surface area contributed by atoms with Crippen LogP contribution in [-0.2, 0) is 25.7 Å². The first-order valence-corrected chi connectivity index (χ1v) is 9.60. The lowest BCUT2D eigenvalue weighted by Crippen LogP contribution is -2.23. The fraction of sp³-hybridized carbons (Fsp3) is 0.579. The van der Waals surface area contributed by atoms with E-state index in [1.807, 2.05) is 24.3 Å². The van der Waals surface area contributed by atoms with Crippen LogP contribution in [0.5, 0.6) is 0 Å². The van der Waals surface area contributed by atoms with Crippen LogP contribution >= 0.6 is 22.6 Å². The van der Waals surface area contributed by atoms with Crippen molar-refractivity contribution in [3.05, 3.63) is 33.4 Å². The highest BCUT2D eigenvalue weighted by Gasteiger charge is 2.17. The Morgan fingerprint density at radius 1 is 1.12 bits per heavy atom. The van der Waals surface area contributed by atoms with E-state index in [0.717, 1.165) is 22.0 Å². The number of rotatable bonds is 10. The van der Waals surface area contributed by atoms with Gasteiger partial charge in [0.1, 0.15) is 12.7 Å². The van der Waals surface area contributed by atoms with Crippen molar-refractivity contribution in [3.63, 3.8) is 0 Å². The van der Waals surface area contributed by atoms with E-state index >= 15 is 0 Å². The molecule has 0 fully saturated rings. The minimum atomic E-state index is -0.281. The van der Waals surface area contributed by atoms with Crippen molar-refractivity contribution in [2.75, 3.05) is 0 Å². The Morgan fingerprint density at radius 3 is 2.42 bits per heavy atom. The van der Waals surface area contributed by atoms with Gasteiger partial charge in [-0.25, -0.2) is 0 Å². The van der Waals surface area contributed by atoms with Gasteiger partial charge in [0.2, 0.25) is 0 Å². The van der Waals surface area contributed by atoms with Gasteiger partial charge in [-0.2, -0.15) is 0 Å². The highest BCUT2D eigenvalue weighted by molar-refractivity contribution is 14.1. The summed E-state index contributed by atoms with van der Waals surface area (Å²) in [4.78, 5) is 23.6. The molecule has 0 aliphatic carbocycles. The second-order valence-corrected chi connectivity index (χ2v) is 7.33. The van der Waals surface area contributed by atoms with Gasteiger partial charge in [0.25, 0.3) is 0 Å². The van der Waals surface area contributed by atoms with E-state index in [-0.39, 0.29) is 37.5 Å². The van der Waals surface area contributed by atoms with Crippen LogP contribution in [0, 0.1) is 9.49 Å². The smallest absolute Gasteiger partial charge is 0.306 e. The molecule has 1 rings (SSSR count). The van der Waals surface area contributed by atoms with Crippen LogP contribution in [0.2, 0.25) is 0 Å². The molecule has 4 nitrogen and oxygen atoms in total. The van der Waals surface area contributed by atoms with E-state index in [1.54, 1.807) is 0 Å². The van der Waals surface area contributed by atoms with Crippen molar-refractivity contribution in [1.82, 2.24) is 0 Å². The average Bonchev–Trinajstić information content (AvgIpc) is 2.53. The molecule has 24 heavy (non-hydrogen) atoms. The maximum absolute atomic E-state index is 11.9. The highest BCUT2D eigenvalue weighted by atomic mass is 127. The highest BCUT2D eigenvalue weighted by Crippen LogP contribution is 2.15. The van der Waals surface area contributed by atoms with Crippen molar-refractivity contribution in [2.24, 2.45) is 5.92 Å². The Bertz CT molecular complexity index is 528. The van der Waals surface area contributed by atoms with Crippen LogP contribution in [0.1, 0.15) is 58.4 Å². The topological polar surface area (TPSA) is 52.6 Å². The Hall–Kier alpha value is -1.11. The largest absolute Gasteiger partial charge is 0.462 e. The van der Waals surface area contributed by atoms with Gasteiger partial charge in [-0.1, -0.05) is 45.4 Å². The summed E-state index contributed by atoms with van der Waals surface area (Å²) >= 11 is 2.21. The minimum Gasteiger partial charge on any atom is -0.462 e. The molecule has 1 atom stereocenters. The first-order chi connectivity index (χ1) is 11.4.